The molecule has 1 amide bonds. The lowest BCUT2D eigenvalue weighted by molar-refractivity contribution is -0.120. The van der Waals surface area contributed by atoms with Gasteiger partial charge in [-0.05, 0) is 50.1 Å². The van der Waals surface area contributed by atoms with Gasteiger partial charge in [-0.2, -0.15) is 0 Å². The van der Waals surface area contributed by atoms with Crippen LogP contribution in [0.5, 0.6) is 0 Å². The molecule has 8 heteroatoms. The third kappa shape index (κ3) is 4.04. The molecule has 0 aliphatic heterocycles. The third-order valence-electron chi connectivity index (χ3n) is 4.35. The average molecular weight is 404 g/mol. The van der Waals surface area contributed by atoms with Crippen LogP contribution in [-0.4, -0.2) is 26.8 Å². The standard InChI is InChI=1S/C19H18ClN3O3S/c1-11(17(24)21-13-5-6-13)27-19-22-16-9-12(20)4-7-15(16)18(25)23(19)10-14-3-2-8-26-14/h2-4,7-9,11,13H,5-6,10H2,1H3,(H,21,24). The highest BCUT2D eigenvalue weighted by Crippen LogP contribution is 2.26. The minimum absolute atomic E-state index is 0.0486. The summed E-state index contributed by atoms with van der Waals surface area (Å²) in [5.74, 6) is 0.594. The van der Waals surface area contributed by atoms with Crippen LogP contribution in [0.25, 0.3) is 10.9 Å². The first-order valence-corrected chi connectivity index (χ1v) is 9.96. The summed E-state index contributed by atoms with van der Waals surface area (Å²) in [6.45, 7) is 2.06. The number of hydrogen-bond acceptors (Lipinski definition) is 5. The Bertz CT molecular complexity index is 1040. The molecule has 1 aliphatic carbocycles. The van der Waals surface area contributed by atoms with Crippen molar-refractivity contribution in [3.63, 3.8) is 0 Å². The van der Waals surface area contributed by atoms with E-state index >= 15 is 0 Å². The van der Waals surface area contributed by atoms with Crippen LogP contribution in [0.4, 0.5) is 0 Å². The summed E-state index contributed by atoms with van der Waals surface area (Å²) in [6, 6.07) is 8.86. The van der Waals surface area contributed by atoms with Gasteiger partial charge in [0.1, 0.15) is 5.76 Å². The Morgan fingerprint density at radius 1 is 1.44 bits per heavy atom. The van der Waals surface area contributed by atoms with Crippen molar-refractivity contribution < 1.29 is 9.21 Å². The number of carbonyl (C=O) groups excluding carboxylic acids is 1. The normalized spacial score (nSPS) is 15.0. The molecule has 1 aromatic carbocycles. The molecule has 1 fully saturated rings. The number of nitrogens with zero attached hydrogens (tertiary/aromatic N) is 2. The van der Waals surface area contributed by atoms with Crippen LogP contribution in [0, 0.1) is 0 Å². The van der Waals surface area contributed by atoms with Gasteiger partial charge in [-0.3, -0.25) is 14.2 Å². The number of nitrogens with one attached hydrogen (secondary N) is 1. The zero-order valence-corrected chi connectivity index (χ0v) is 16.2. The first-order chi connectivity index (χ1) is 13.0. The smallest absolute Gasteiger partial charge is 0.262 e. The van der Waals surface area contributed by atoms with Crippen molar-refractivity contribution in [1.82, 2.24) is 14.9 Å². The average Bonchev–Trinajstić information content (AvgIpc) is 3.29. The monoisotopic (exact) mass is 403 g/mol. The fourth-order valence-corrected chi connectivity index (χ4v) is 3.80. The fraction of sp³-hybridized carbons (Fsp3) is 0.316. The van der Waals surface area contributed by atoms with Crippen molar-refractivity contribution in [3.8, 4) is 0 Å². The van der Waals surface area contributed by atoms with Crippen molar-refractivity contribution >= 4 is 40.2 Å². The summed E-state index contributed by atoms with van der Waals surface area (Å²) in [5.41, 5.74) is 0.325. The summed E-state index contributed by atoms with van der Waals surface area (Å²) >= 11 is 7.32. The number of thioether (sulfide) groups is 1. The lowest BCUT2D eigenvalue weighted by Gasteiger charge is -2.16. The van der Waals surface area contributed by atoms with Crippen molar-refractivity contribution in [2.45, 2.75) is 42.8 Å². The van der Waals surface area contributed by atoms with E-state index in [1.54, 1.807) is 41.2 Å². The van der Waals surface area contributed by atoms with E-state index in [0.717, 1.165) is 12.8 Å². The molecule has 0 bridgehead atoms. The SMILES string of the molecule is CC(Sc1nc2cc(Cl)ccc2c(=O)n1Cc1ccco1)C(=O)NC1CC1. The summed E-state index contributed by atoms with van der Waals surface area (Å²) in [7, 11) is 0. The van der Waals surface area contributed by atoms with Gasteiger partial charge in [0.05, 0.1) is 29.0 Å². The molecule has 0 spiro atoms. The molecule has 1 saturated carbocycles. The van der Waals surface area contributed by atoms with Crippen LogP contribution in [0.15, 0.2) is 51.0 Å². The molecule has 1 atom stereocenters. The molecule has 2 aromatic heterocycles. The number of carbonyl (C=O) groups is 1. The molecule has 1 N–H and O–H groups in total. The molecule has 6 nitrogen and oxygen atoms in total. The number of aromatic nitrogens is 2. The fourth-order valence-electron chi connectivity index (χ4n) is 2.72. The highest BCUT2D eigenvalue weighted by Gasteiger charge is 2.27. The number of furan rings is 1. The van der Waals surface area contributed by atoms with Gasteiger partial charge >= 0.3 is 0 Å². The van der Waals surface area contributed by atoms with Crippen molar-refractivity contribution in [1.29, 1.82) is 0 Å². The molecular formula is C19H18ClN3O3S. The van der Waals surface area contributed by atoms with Crippen LogP contribution in [-0.2, 0) is 11.3 Å². The molecule has 3 aromatic rings. The Labute approximate surface area is 164 Å². The predicted octanol–water partition coefficient (Wildman–Crippen LogP) is 3.45. The summed E-state index contributed by atoms with van der Waals surface area (Å²) in [5, 5.41) is 4.06. The summed E-state index contributed by atoms with van der Waals surface area (Å²) in [6.07, 6.45) is 3.62. The zero-order valence-electron chi connectivity index (χ0n) is 14.6. The van der Waals surface area contributed by atoms with Crippen molar-refractivity contribution in [2.75, 3.05) is 0 Å². The maximum absolute atomic E-state index is 13.1. The maximum Gasteiger partial charge on any atom is 0.262 e. The minimum atomic E-state index is -0.378. The molecule has 1 aliphatic rings. The molecule has 4 rings (SSSR count). The van der Waals surface area contributed by atoms with E-state index < -0.39 is 0 Å². The Kier molecular flexibility index (Phi) is 4.97. The first kappa shape index (κ1) is 18.1. The molecule has 27 heavy (non-hydrogen) atoms. The number of hydrogen-bond donors (Lipinski definition) is 1. The van der Waals surface area contributed by atoms with Crippen LogP contribution in [0.1, 0.15) is 25.5 Å². The zero-order chi connectivity index (χ0) is 19.0. The Hall–Kier alpha value is -2.25. The maximum atomic E-state index is 13.1. The van der Waals surface area contributed by atoms with Crippen LogP contribution in [0.2, 0.25) is 5.02 Å². The highest BCUT2D eigenvalue weighted by atomic mass is 35.5. The lowest BCUT2D eigenvalue weighted by Crippen LogP contribution is -2.33. The van der Waals surface area contributed by atoms with Crippen LogP contribution in [0.3, 0.4) is 0 Å². The van der Waals surface area contributed by atoms with Crippen molar-refractivity contribution in [3.05, 3.63) is 57.7 Å². The van der Waals surface area contributed by atoms with E-state index in [0.29, 0.717) is 26.8 Å². The third-order valence-corrected chi connectivity index (χ3v) is 5.68. The number of amides is 1. The summed E-state index contributed by atoms with van der Waals surface area (Å²) in [4.78, 5) is 30.0. The minimum Gasteiger partial charge on any atom is -0.467 e. The molecular weight excluding hydrogens is 386 g/mol. The van der Waals surface area contributed by atoms with Gasteiger partial charge in [0, 0.05) is 11.1 Å². The van der Waals surface area contributed by atoms with Gasteiger partial charge in [0.2, 0.25) is 5.91 Å². The number of halogens is 1. The van der Waals surface area contributed by atoms with E-state index in [-0.39, 0.29) is 29.3 Å². The molecule has 0 radical (unpaired) electrons. The van der Waals surface area contributed by atoms with Gasteiger partial charge in [0.15, 0.2) is 5.16 Å². The highest BCUT2D eigenvalue weighted by molar-refractivity contribution is 8.00. The van der Waals surface area contributed by atoms with Crippen LogP contribution < -0.4 is 10.9 Å². The van der Waals surface area contributed by atoms with Crippen molar-refractivity contribution in [2.24, 2.45) is 0 Å². The number of fused-ring (bicyclic) bond motifs is 1. The molecule has 2 heterocycles. The second kappa shape index (κ2) is 7.40. The van der Waals surface area contributed by atoms with E-state index in [4.69, 9.17) is 16.0 Å². The lowest BCUT2D eigenvalue weighted by atomic mass is 10.2. The Balaban J connectivity index is 1.73. The molecule has 1 unspecified atom stereocenters. The van der Waals surface area contributed by atoms with Gasteiger partial charge in [0.25, 0.3) is 5.56 Å². The van der Waals surface area contributed by atoms with Crippen LogP contribution >= 0.6 is 23.4 Å². The van der Waals surface area contributed by atoms with Gasteiger partial charge < -0.3 is 9.73 Å². The second-order valence-electron chi connectivity index (χ2n) is 6.57. The predicted molar refractivity (Wildman–Crippen MR) is 105 cm³/mol. The largest absolute Gasteiger partial charge is 0.467 e. The topological polar surface area (TPSA) is 77.1 Å². The van der Waals surface area contributed by atoms with E-state index in [1.165, 1.54) is 11.8 Å². The Morgan fingerprint density at radius 2 is 2.26 bits per heavy atom. The van der Waals surface area contributed by atoms with E-state index in [9.17, 15) is 9.59 Å². The first-order valence-electron chi connectivity index (χ1n) is 8.71. The second-order valence-corrected chi connectivity index (χ2v) is 8.31. The van der Waals surface area contributed by atoms with E-state index in [2.05, 4.69) is 10.3 Å². The van der Waals surface area contributed by atoms with Gasteiger partial charge in [-0.25, -0.2) is 4.98 Å². The summed E-state index contributed by atoms with van der Waals surface area (Å²) < 4.78 is 6.94. The van der Waals surface area contributed by atoms with Gasteiger partial charge in [-0.1, -0.05) is 23.4 Å². The molecule has 0 saturated heterocycles. The Morgan fingerprint density at radius 3 is 2.96 bits per heavy atom. The quantitative estimate of drug-likeness (QED) is 0.504. The number of benzene rings is 1. The number of rotatable bonds is 6. The molecule has 140 valence electrons. The van der Waals surface area contributed by atoms with Gasteiger partial charge in [-0.15, -0.1) is 0 Å². The van der Waals surface area contributed by atoms with E-state index in [1.807, 2.05) is 6.92 Å².